The number of ether oxygens (including phenoxy) is 1. The summed E-state index contributed by atoms with van der Waals surface area (Å²) >= 11 is 0. The lowest BCUT2D eigenvalue weighted by Crippen LogP contribution is -2.60. The lowest BCUT2D eigenvalue weighted by molar-refractivity contribution is -0.182. The van der Waals surface area contributed by atoms with Gasteiger partial charge >= 0.3 is 6.18 Å². The van der Waals surface area contributed by atoms with Crippen molar-refractivity contribution >= 4 is 11.6 Å². The van der Waals surface area contributed by atoms with E-state index >= 15 is 0 Å². The molecule has 3 aromatic rings. The first-order valence-electron chi connectivity index (χ1n) is 14.4. The van der Waals surface area contributed by atoms with Crippen LogP contribution in [0.15, 0.2) is 42.7 Å². The van der Waals surface area contributed by atoms with Gasteiger partial charge in [0.05, 0.1) is 30.7 Å². The van der Waals surface area contributed by atoms with Crippen LogP contribution in [0.5, 0.6) is 0 Å². The monoisotopic (exact) mass is 565 g/mol. The first-order chi connectivity index (χ1) is 19.6. The minimum Gasteiger partial charge on any atom is -0.380 e. The molecule has 1 aromatic heterocycles. The van der Waals surface area contributed by atoms with Gasteiger partial charge in [-0.3, -0.25) is 9.69 Å². The number of benzene rings is 2. The molecule has 1 unspecified atom stereocenters. The van der Waals surface area contributed by atoms with Crippen LogP contribution >= 0.6 is 0 Å². The molecule has 2 saturated heterocycles. The Balaban J connectivity index is 1.22. The van der Waals surface area contributed by atoms with Crippen molar-refractivity contribution in [2.45, 2.75) is 57.3 Å². The van der Waals surface area contributed by atoms with E-state index in [0.717, 1.165) is 50.2 Å². The van der Waals surface area contributed by atoms with E-state index in [0.29, 0.717) is 36.9 Å². The zero-order chi connectivity index (χ0) is 28.6. The topological polar surface area (TPSA) is 63.5 Å². The van der Waals surface area contributed by atoms with Crippen molar-refractivity contribution in [1.82, 2.24) is 19.7 Å². The molecular weight excluding hydrogens is 531 g/mol. The number of likely N-dealkylation sites (tertiary alicyclic amines) is 1. The number of piperidine rings is 1. The summed E-state index contributed by atoms with van der Waals surface area (Å²) in [4.78, 5) is 17.4. The molecule has 10 heteroatoms. The van der Waals surface area contributed by atoms with Crippen molar-refractivity contribution < 1.29 is 22.7 Å². The highest BCUT2D eigenvalue weighted by Gasteiger charge is 2.61. The van der Waals surface area contributed by atoms with Gasteiger partial charge in [-0.1, -0.05) is 19.1 Å². The molecule has 2 aromatic carbocycles. The fraction of sp³-hybridized carbons (Fsp3) is 0.516. The number of aromatic nitrogens is 3. The summed E-state index contributed by atoms with van der Waals surface area (Å²) in [5, 5.41) is 8.57. The molecule has 216 valence electrons. The van der Waals surface area contributed by atoms with Crippen LogP contribution in [-0.4, -0.2) is 51.9 Å². The predicted octanol–water partition coefficient (Wildman–Crippen LogP) is 5.32. The molecule has 0 N–H and O–H groups in total. The van der Waals surface area contributed by atoms with E-state index in [1.54, 1.807) is 12.4 Å². The van der Waals surface area contributed by atoms with Gasteiger partial charge < -0.3 is 14.2 Å². The smallest absolute Gasteiger partial charge is 0.380 e. The molecule has 0 radical (unpaired) electrons. The lowest BCUT2D eigenvalue weighted by Gasteiger charge is -2.59. The fourth-order valence-corrected chi connectivity index (χ4v) is 7.71. The molecule has 1 aliphatic carbocycles. The molecule has 1 atom stereocenters. The third-order valence-electron chi connectivity index (χ3n) is 9.57. The van der Waals surface area contributed by atoms with E-state index in [2.05, 4.69) is 22.0 Å². The summed E-state index contributed by atoms with van der Waals surface area (Å²) < 4.78 is 50.4. The molecule has 4 aliphatic rings. The standard InChI is InChI=1S/C31H34F3N5O2/c1-20-5-4-8-38(12-20)13-21-9-24-25(26(10-21)31(32,33)34)14-39(27(24)40)23-7-3-6-22(11-23)30(28-36-35-19-37(28)2)15-29(16-30)17-41-18-29/h3,6-7,9-11,19-20H,4-5,8,12-18H2,1-2H3. The zero-order valence-corrected chi connectivity index (χ0v) is 23.4. The maximum atomic E-state index is 14.3. The highest BCUT2D eigenvalue weighted by atomic mass is 19.4. The Morgan fingerprint density at radius 2 is 1.95 bits per heavy atom. The van der Waals surface area contributed by atoms with Crippen LogP contribution in [0, 0.1) is 11.3 Å². The molecule has 1 spiro atoms. The van der Waals surface area contributed by atoms with Gasteiger partial charge in [0.25, 0.3) is 5.91 Å². The van der Waals surface area contributed by atoms with Gasteiger partial charge in [0.1, 0.15) is 12.2 Å². The summed E-state index contributed by atoms with van der Waals surface area (Å²) in [5.41, 5.74) is 1.35. The zero-order valence-electron chi connectivity index (χ0n) is 23.4. The number of carbonyl (C=O) groups excluding carboxylic acids is 1. The first kappa shape index (κ1) is 26.6. The van der Waals surface area contributed by atoms with Gasteiger partial charge in [0.2, 0.25) is 0 Å². The van der Waals surface area contributed by atoms with Crippen molar-refractivity contribution in [2.75, 3.05) is 31.2 Å². The molecule has 3 fully saturated rings. The first-order valence-corrected chi connectivity index (χ1v) is 14.4. The molecule has 4 heterocycles. The Morgan fingerprint density at radius 1 is 1.15 bits per heavy atom. The molecule has 7 rings (SSSR count). The highest BCUT2D eigenvalue weighted by Crippen LogP contribution is 2.61. The van der Waals surface area contributed by atoms with Gasteiger partial charge in [-0.15, -0.1) is 10.2 Å². The van der Waals surface area contributed by atoms with Crippen LogP contribution in [0.1, 0.15) is 71.0 Å². The maximum Gasteiger partial charge on any atom is 0.416 e. The molecule has 3 aliphatic heterocycles. The SMILES string of the molecule is CC1CCCN(Cc2cc3c(c(C(F)(F)F)c2)CN(c2cccc(C4(c5nncn5C)CC5(COC5)C4)c2)C3=O)C1. The Kier molecular flexibility index (Phi) is 6.10. The number of aryl methyl sites for hydroxylation is 1. The van der Waals surface area contributed by atoms with Crippen LogP contribution in [0.4, 0.5) is 18.9 Å². The third kappa shape index (κ3) is 4.37. The Labute approximate surface area is 237 Å². The highest BCUT2D eigenvalue weighted by molar-refractivity contribution is 6.10. The average molecular weight is 566 g/mol. The van der Waals surface area contributed by atoms with Crippen molar-refractivity contribution in [1.29, 1.82) is 0 Å². The molecule has 1 saturated carbocycles. The number of nitrogens with zero attached hydrogens (tertiary/aromatic N) is 5. The minimum absolute atomic E-state index is 0.0564. The maximum absolute atomic E-state index is 14.3. The number of halogens is 3. The Bertz CT molecular complexity index is 1500. The second-order valence-corrected chi connectivity index (χ2v) is 12.8. The molecule has 1 amide bonds. The largest absolute Gasteiger partial charge is 0.416 e. The van der Waals surface area contributed by atoms with Crippen molar-refractivity contribution in [3.63, 3.8) is 0 Å². The number of hydrogen-bond donors (Lipinski definition) is 0. The predicted molar refractivity (Wildman–Crippen MR) is 146 cm³/mol. The summed E-state index contributed by atoms with van der Waals surface area (Å²) in [6, 6.07) is 10.6. The van der Waals surface area contributed by atoms with Crippen molar-refractivity contribution in [3.8, 4) is 0 Å². The number of fused-ring (bicyclic) bond motifs is 1. The van der Waals surface area contributed by atoms with Gasteiger partial charge in [-0.2, -0.15) is 13.2 Å². The lowest BCUT2D eigenvalue weighted by atomic mass is 9.49. The summed E-state index contributed by atoms with van der Waals surface area (Å²) in [6.07, 6.45) is 0.999. The quantitative estimate of drug-likeness (QED) is 0.419. The van der Waals surface area contributed by atoms with Crippen molar-refractivity contribution in [2.24, 2.45) is 18.4 Å². The Hall–Kier alpha value is -3.24. The van der Waals surface area contributed by atoms with E-state index in [-0.39, 0.29) is 29.0 Å². The summed E-state index contributed by atoms with van der Waals surface area (Å²) in [6.45, 7) is 5.61. The van der Waals surface area contributed by atoms with Gasteiger partial charge in [-0.25, -0.2) is 0 Å². The molecular formula is C31H34F3N5O2. The minimum atomic E-state index is -4.55. The van der Waals surface area contributed by atoms with E-state index in [4.69, 9.17) is 4.74 Å². The number of rotatable bonds is 5. The number of carbonyl (C=O) groups is 1. The van der Waals surface area contributed by atoms with E-state index in [9.17, 15) is 18.0 Å². The van der Waals surface area contributed by atoms with Gasteiger partial charge in [-0.05, 0) is 79.1 Å². The molecule has 41 heavy (non-hydrogen) atoms. The van der Waals surface area contributed by atoms with Gasteiger partial charge in [0.15, 0.2) is 0 Å². The Morgan fingerprint density at radius 3 is 2.61 bits per heavy atom. The number of alkyl halides is 3. The number of hydrogen-bond acceptors (Lipinski definition) is 5. The fourth-order valence-electron chi connectivity index (χ4n) is 7.71. The number of anilines is 1. The summed E-state index contributed by atoms with van der Waals surface area (Å²) in [5.74, 6) is 0.970. The third-order valence-corrected chi connectivity index (χ3v) is 9.57. The normalized spacial score (nSPS) is 23.4. The van der Waals surface area contributed by atoms with E-state index < -0.39 is 17.2 Å². The molecule has 7 nitrogen and oxygen atoms in total. The van der Waals surface area contributed by atoms with Crippen LogP contribution in [0.2, 0.25) is 0 Å². The van der Waals surface area contributed by atoms with E-state index in [1.165, 1.54) is 11.0 Å². The van der Waals surface area contributed by atoms with Gasteiger partial charge in [0, 0.05) is 36.8 Å². The number of amides is 1. The second kappa shape index (κ2) is 9.39. The second-order valence-electron chi connectivity index (χ2n) is 12.8. The molecule has 0 bridgehead atoms. The summed E-state index contributed by atoms with van der Waals surface area (Å²) in [7, 11) is 1.92. The van der Waals surface area contributed by atoms with E-state index in [1.807, 2.05) is 35.9 Å². The van der Waals surface area contributed by atoms with Crippen LogP contribution in [0.25, 0.3) is 0 Å². The van der Waals surface area contributed by atoms with Crippen LogP contribution in [-0.2, 0) is 36.5 Å². The van der Waals surface area contributed by atoms with Crippen LogP contribution < -0.4 is 4.90 Å². The van der Waals surface area contributed by atoms with Crippen LogP contribution in [0.3, 0.4) is 0 Å². The average Bonchev–Trinajstić information content (AvgIpc) is 3.45. The van der Waals surface area contributed by atoms with Crippen molar-refractivity contribution in [3.05, 3.63) is 76.4 Å².